The molecule has 2 aromatic carbocycles. The number of sulfonamides is 1. The van der Waals surface area contributed by atoms with Crippen molar-refractivity contribution in [2.75, 3.05) is 23.2 Å². The summed E-state index contributed by atoms with van der Waals surface area (Å²) in [6, 6.07) is 9.78. The minimum Gasteiger partial charge on any atom is -0.485 e. The summed E-state index contributed by atoms with van der Waals surface area (Å²) < 4.78 is 31.1. The standard InChI is InChI=1S/C18H17Cl2NO4S/c1-2-26(23,24)21-6-5-12-7-13(3-4-17(12)21)18(22)11-25-16-9-14(19)8-15(20)10-16/h3-4,7-10H,2,5-6,11H2,1H3. The van der Waals surface area contributed by atoms with Crippen molar-refractivity contribution >= 4 is 44.7 Å². The molecule has 0 saturated heterocycles. The quantitative estimate of drug-likeness (QED) is 0.672. The lowest BCUT2D eigenvalue weighted by Crippen LogP contribution is -2.30. The zero-order valence-electron chi connectivity index (χ0n) is 14.0. The molecule has 0 aliphatic carbocycles. The first-order valence-corrected chi connectivity index (χ1v) is 10.4. The van der Waals surface area contributed by atoms with Crippen LogP contribution < -0.4 is 9.04 Å². The Morgan fingerprint density at radius 1 is 1.15 bits per heavy atom. The van der Waals surface area contributed by atoms with Gasteiger partial charge in [-0.2, -0.15) is 0 Å². The van der Waals surface area contributed by atoms with Gasteiger partial charge < -0.3 is 4.74 Å². The van der Waals surface area contributed by atoms with Gasteiger partial charge in [0.15, 0.2) is 12.4 Å². The predicted octanol–water partition coefficient (Wildman–Crippen LogP) is 3.97. The maximum absolute atomic E-state index is 12.4. The van der Waals surface area contributed by atoms with Crippen LogP contribution in [-0.2, 0) is 16.4 Å². The van der Waals surface area contributed by atoms with Crippen LogP contribution >= 0.6 is 23.2 Å². The van der Waals surface area contributed by atoms with Gasteiger partial charge in [-0.25, -0.2) is 8.42 Å². The number of fused-ring (bicyclic) bond motifs is 1. The summed E-state index contributed by atoms with van der Waals surface area (Å²) in [5.74, 6) is 0.251. The molecule has 1 aliphatic heterocycles. The number of Topliss-reactive ketones (excluding diaryl/α,β-unsaturated/α-hetero) is 1. The molecule has 138 valence electrons. The third-order valence-corrected chi connectivity index (χ3v) is 6.38. The second-order valence-electron chi connectivity index (χ2n) is 5.88. The number of hydrogen-bond acceptors (Lipinski definition) is 4. The summed E-state index contributed by atoms with van der Waals surface area (Å²) in [6.45, 7) is 1.86. The molecule has 0 fully saturated rings. The third-order valence-electron chi connectivity index (χ3n) is 4.16. The van der Waals surface area contributed by atoms with Gasteiger partial charge in [-0.15, -0.1) is 0 Å². The van der Waals surface area contributed by atoms with Gasteiger partial charge in [-0.05, 0) is 55.3 Å². The number of ether oxygens (including phenoxy) is 1. The molecule has 0 N–H and O–H groups in total. The molecular formula is C18H17Cl2NO4S. The van der Waals surface area contributed by atoms with Crippen LogP contribution in [0.4, 0.5) is 5.69 Å². The van der Waals surface area contributed by atoms with E-state index in [0.717, 1.165) is 5.56 Å². The zero-order valence-corrected chi connectivity index (χ0v) is 16.4. The third kappa shape index (κ3) is 3.98. The van der Waals surface area contributed by atoms with Gasteiger partial charge in [0.25, 0.3) is 0 Å². The summed E-state index contributed by atoms with van der Waals surface area (Å²) in [5.41, 5.74) is 1.97. The Labute approximate surface area is 162 Å². The Balaban J connectivity index is 1.74. The lowest BCUT2D eigenvalue weighted by Gasteiger charge is -2.18. The van der Waals surface area contributed by atoms with Gasteiger partial charge >= 0.3 is 0 Å². The Kier molecular flexibility index (Phi) is 5.46. The Morgan fingerprint density at radius 2 is 1.85 bits per heavy atom. The van der Waals surface area contributed by atoms with Crippen LogP contribution in [-0.4, -0.2) is 33.1 Å². The van der Waals surface area contributed by atoms with E-state index in [1.807, 2.05) is 0 Å². The molecule has 1 heterocycles. The monoisotopic (exact) mass is 413 g/mol. The average molecular weight is 414 g/mol. The number of benzene rings is 2. The van der Waals surface area contributed by atoms with Gasteiger partial charge in [-0.3, -0.25) is 9.10 Å². The molecule has 0 amide bonds. The fourth-order valence-corrected chi connectivity index (χ4v) is 4.50. The first-order valence-electron chi connectivity index (χ1n) is 8.05. The minimum atomic E-state index is -3.30. The molecule has 5 nitrogen and oxygen atoms in total. The molecule has 0 spiro atoms. The van der Waals surface area contributed by atoms with Crippen molar-refractivity contribution in [3.8, 4) is 5.75 Å². The lowest BCUT2D eigenvalue weighted by atomic mass is 10.1. The number of hydrogen-bond donors (Lipinski definition) is 0. The molecule has 26 heavy (non-hydrogen) atoms. The molecule has 0 atom stereocenters. The highest BCUT2D eigenvalue weighted by atomic mass is 35.5. The van der Waals surface area contributed by atoms with Crippen molar-refractivity contribution in [2.24, 2.45) is 0 Å². The normalized spacial score (nSPS) is 13.6. The van der Waals surface area contributed by atoms with E-state index in [0.29, 0.717) is 40.0 Å². The van der Waals surface area contributed by atoms with E-state index >= 15 is 0 Å². The van der Waals surface area contributed by atoms with E-state index in [1.165, 1.54) is 4.31 Å². The highest BCUT2D eigenvalue weighted by Gasteiger charge is 2.28. The van der Waals surface area contributed by atoms with Crippen LogP contribution in [0.5, 0.6) is 5.75 Å². The molecule has 0 radical (unpaired) electrons. The largest absolute Gasteiger partial charge is 0.485 e. The Morgan fingerprint density at radius 3 is 2.50 bits per heavy atom. The highest BCUT2D eigenvalue weighted by molar-refractivity contribution is 7.92. The van der Waals surface area contributed by atoms with Crippen LogP contribution in [0, 0.1) is 0 Å². The van der Waals surface area contributed by atoms with E-state index in [4.69, 9.17) is 27.9 Å². The summed E-state index contributed by atoms with van der Waals surface area (Å²) in [5, 5.41) is 0.851. The fourth-order valence-electron chi connectivity index (χ4n) is 2.83. The summed E-state index contributed by atoms with van der Waals surface area (Å²) >= 11 is 11.8. The minimum absolute atomic E-state index is 0.0448. The van der Waals surface area contributed by atoms with Crippen molar-refractivity contribution in [2.45, 2.75) is 13.3 Å². The zero-order chi connectivity index (χ0) is 18.9. The van der Waals surface area contributed by atoms with Crippen LogP contribution in [0.1, 0.15) is 22.8 Å². The first kappa shape index (κ1) is 19.0. The van der Waals surface area contributed by atoms with E-state index in [9.17, 15) is 13.2 Å². The van der Waals surface area contributed by atoms with Crippen molar-refractivity contribution in [1.29, 1.82) is 0 Å². The maximum Gasteiger partial charge on any atom is 0.234 e. The summed E-state index contributed by atoms with van der Waals surface area (Å²) in [6.07, 6.45) is 0.584. The van der Waals surface area contributed by atoms with E-state index in [1.54, 1.807) is 43.3 Å². The number of halogens is 2. The van der Waals surface area contributed by atoms with E-state index < -0.39 is 10.0 Å². The van der Waals surface area contributed by atoms with Gasteiger partial charge in [0.2, 0.25) is 10.0 Å². The molecule has 0 saturated carbocycles. The topological polar surface area (TPSA) is 63.7 Å². The SMILES string of the molecule is CCS(=O)(=O)N1CCc2cc(C(=O)COc3cc(Cl)cc(Cl)c3)ccc21. The van der Waals surface area contributed by atoms with Gasteiger partial charge in [0.1, 0.15) is 5.75 Å². The second kappa shape index (κ2) is 7.47. The van der Waals surface area contributed by atoms with Gasteiger partial charge in [0.05, 0.1) is 11.4 Å². The van der Waals surface area contributed by atoms with Crippen LogP contribution in [0.2, 0.25) is 10.0 Å². The Hall–Kier alpha value is -1.76. The van der Waals surface area contributed by atoms with Gasteiger partial charge in [-0.1, -0.05) is 23.2 Å². The maximum atomic E-state index is 12.4. The summed E-state index contributed by atoms with van der Waals surface area (Å²) in [4.78, 5) is 12.4. The van der Waals surface area contributed by atoms with Crippen molar-refractivity contribution in [3.63, 3.8) is 0 Å². The number of carbonyl (C=O) groups excluding carboxylic acids is 1. The lowest BCUT2D eigenvalue weighted by molar-refractivity contribution is 0.0921. The van der Waals surface area contributed by atoms with Gasteiger partial charge in [0, 0.05) is 22.2 Å². The molecule has 1 aliphatic rings. The highest BCUT2D eigenvalue weighted by Crippen LogP contribution is 2.31. The molecule has 8 heteroatoms. The second-order valence-corrected chi connectivity index (χ2v) is 8.94. The molecule has 0 bridgehead atoms. The predicted molar refractivity (Wildman–Crippen MR) is 103 cm³/mol. The number of carbonyl (C=O) groups is 1. The smallest absolute Gasteiger partial charge is 0.234 e. The van der Waals surface area contributed by atoms with E-state index in [-0.39, 0.29) is 18.1 Å². The molecular weight excluding hydrogens is 397 g/mol. The number of nitrogens with zero attached hydrogens (tertiary/aromatic N) is 1. The fraction of sp³-hybridized carbons (Fsp3) is 0.278. The van der Waals surface area contributed by atoms with Crippen molar-refractivity contribution in [3.05, 3.63) is 57.6 Å². The molecule has 0 unspecified atom stereocenters. The van der Waals surface area contributed by atoms with E-state index in [2.05, 4.69) is 0 Å². The van der Waals surface area contributed by atoms with Crippen molar-refractivity contribution < 1.29 is 17.9 Å². The Bertz CT molecular complexity index is 939. The average Bonchev–Trinajstić information content (AvgIpc) is 3.02. The number of rotatable bonds is 6. The summed E-state index contributed by atoms with van der Waals surface area (Å²) in [7, 11) is -3.30. The van der Waals surface area contributed by atoms with Crippen LogP contribution in [0.15, 0.2) is 36.4 Å². The molecule has 2 aromatic rings. The number of anilines is 1. The molecule has 0 aromatic heterocycles. The first-order chi connectivity index (χ1) is 12.3. The van der Waals surface area contributed by atoms with Crippen LogP contribution in [0.3, 0.4) is 0 Å². The van der Waals surface area contributed by atoms with Crippen molar-refractivity contribution in [1.82, 2.24) is 0 Å². The number of ketones is 1. The molecule has 3 rings (SSSR count). The van der Waals surface area contributed by atoms with Crippen LogP contribution in [0.25, 0.3) is 0 Å².